The number of carbonyl (C=O) groups excluding carboxylic acids is 2. The molecule has 2 aromatic carbocycles. The largest absolute Gasteiger partial charge is 0.352 e. The molecule has 184 valence electrons. The van der Waals surface area contributed by atoms with Crippen LogP contribution in [0.5, 0.6) is 0 Å². The monoisotopic (exact) mass is 540 g/mol. The van der Waals surface area contributed by atoms with Gasteiger partial charge in [-0.2, -0.15) is 0 Å². The van der Waals surface area contributed by atoms with Crippen molar-refractivity contribution in [1.82, 2.24) is 10.2 Å². The summed E-state index contributed by atoms with van der Waals surface area (Å²) in [5.41, 5.74) is 1.75. The summed E-state index contributed by atoms with van der Waals surface area (Å²) in [6.07, 6.45) is 5.95. The van der Waals surface area contributed by atoms with E-state index in [1.165, 1.54) is 18.2 Å². The number of nitrogens with one attached hydrogen (secondary N) is 1. The topological polar surface area (TPSA) is 49.4 Å². The normalized spacial score (nSPS) is 15.1. The zero-order chi connectivity index (χ0) is 24.5. The van der Waals surface area contributed by atoms with Crippen LogP contribution in [0.1, 0.15) is 56.6 Å². The highest BCUT2D eigenvalue weighted by atomic mass is 35.5. The van der Waals surface area contributed by atoms with Crippen LogP contribution in [0, 0.1) is 0 Å². The number of benzene rings is 2. The molecule has 0 aromatic heterocycles. The first kappa shape index (κ1) is 27.2. The highest BCUT2D eigenvalue weighted by Gasteiger charge is 2.31. The molecule has 3 rings (SSSR count). The number of hydrogen-bond acceptors (Lipinski definition) is 3. The van der Waals surface area contributed by atoms with Crippen LogP contribution in [0.15, 0.2) is 42.5 Å². The average molecular weight is 542 g/mol. The Kier molecular flexibility index (Phi) is 10.9. The smallest absolute Gasteiger partial charge is 0.243 e. The number of thioether (sulfide) groups is 1. The minimum Gasteiger partial charge on any atom is -0.352 e. The molecule has 0 aliphatic heterocycles. The predicted molar refractivity (Wildman–Crippen MR) is 144 cm³/mol. The fourth-order valence-corrected chi connectivity index (χ4v) is 5.75. The van der Waals surface area contributed by atoms with E-state index in [0.717, 1.165) is 31.2 Å². The molecule has 34 heavy (non-hydrogen) atoms. The maximum Gasteiger partial charge on any atom is 0.243 e. The average Bonchev–Trinajstić information content (AvgIpc) is 2.82. The number of rotatable bonds is 10. The summed E-state index contributed by atoms with van der Waals surface area (Å²) in [6, 6.07) is 12.5. The Morgan fingerprint density at radius 3 is 2.29 bits per heavy atom. The van der Waals surface area contributed by atoms with Crippen molar-refractivity contribution in [2.24, 2.45) is 0 Å². The lowest BCUT2D eigenvalue weighted by Crippen LogP contribution is -2.52. The minimum atomic E-state index is -0.585. The molecule has 0 bridgehead atoms. The molecular formula is C26H31Cl3N2O2S. The van der Waals surface area contributed by atoms with Crippen LogP contribution in [0.25, 0.3) is 0 Å². The van der Waals surface area contributed by atoms with Crippen molar-refractivity contribution < 1.29 is 9.59 Å². The van der Waals surface area contributed by atoms with Crippen molar-refractivity contribution >= 4 is 58.4 Å². The molecule has 1 aliphatic rings. The summed E-state index contributed by atoms with van der Waals surface area (Å²) in [4.78, 5) is 28.4. The molecule has 0 radical (unpaired) electrons. The first-order chi connectivity index (χ1) is 16.4. The molecule has 1 unspecified atom stereocenters. The van der Waals surface area contributed by atoms with Gasteiger partial charge in [-0.25, -0.2) is 0 Å². The second-order valence-corrected chi connectivity index (χ2v) is 10.8. The maximum atomic E-state index is 13.4. The summed E-state index contributed by atoms with van der Waals surface area (Å²) < 4.78 is 0. The van der Waals surface area contributed by atoms with Crippen molar-refractivity contribution in [2.45, 2.75) is 69.8 Å². The van der Waals surface area contributed by atoms with Gasteiger partial charge < -0.3 is 10.2 Å². The molecule has 0 saturated heterocycles. The lowest BCUT2D eigenvalue weighted by atomic mass is 9.95. The quantitative estimate of drug-likeness (QED) is 0.348. The van der Waals surface area contributed by atoms with Crippen LogP contribution in [-0.2, 0) is 21.9 Å². The third kappa shape index (κ3) is 7.81. The number of nitrogens with zero attached hydrogens (tertiary/aromatic N) is 1. The van der Waals surface area contributed by atoms with Gasteiger partial charge in [-0.15, -0.1) is 11.8 Å². The highest BCUT2D eigenvalue weighted by Crippen LogP contribution is 2.28. The molecule has 0 spiro atoms. The van der Waals surface area contributed by atoms with Gasteiger partial charge in [0, 0.05) is 39.0 Å². The molecule has 8 heteroatoms. The van der Waals surface area contributed by atoms with Crippen molar-refractivity contribution in [3.05, 3.63) is 68.7 Å². The number of hydrogen-bond donors (Lipinski definition) is 1. The van der Waals surface area contributed by atoms with E-state index < -0.39 is 6.04 Å². The van der Waals surface area contributed by atoms with Gasteiger partial charge in [0.15, 0.2) is 0 Å². The standard InChI is InChI=1S/C26H31Cl3N2O2S/c1-2-24(26(33)30-20-7-4-3-5-8-20)31(15-21-22(28)9-6-10-23(21)29)25(32)17-34-16-18-11-13-19(27)14-12-18/h6,9-14,20,24H,2-5,7-8,15-17H2,1H3,(H,30,33). The molecule has 4 nitrogen and oxygen atoms in total. The zero-order valence-electron chi connectivity index (χ0n) is 19.4. The van der Waals surface area contributed by atoms with E-state index in [1.807, 2.05) is 31.2 Å². The molecule has 1 atom stereocenters. The third-order valence-electron chi connectivity index (χ3n) is 6.14. The van der Waals surface area contributed by atoms with E-state index >= 15 is 0 Å². The second kappa shape index (κ2) is 13.6. The van der Waals surface area contributed by atoms with Gasteiger partial charge in [0.1, 0.15) is 6.04 Å². The van der Waals surface area contributed by atoms with Crippen LogP contribution in [-0.4, -0.2) is 34.6 Å². The van der Waals surface area contributed by atoms with Gasteiger partial charge in [0.25, 0.3) is 0 Å². The molecule has 0 heterocycles. The summed E-state index contributed by atoms with van der Waals surface area (Å²) in [7, 11) is 0. The highest BCUT2D eigenvalue weighted by molar-refractivity contribution is 7.99. The van der Waals surface area contributed by atoms with Crippen LogP contribution in [0.2, 0.25) is 15.1 Å². The van der Waals surface area contributed by atoms with Crippen LogP contribution in [0.3, 0.4) is 0 Å². The fraction of sp³-hybridized carbons (Fsp3) is 0.462. The Morgan fingerprint density at radius 1 is 1.03 bits per heavy atom. The predicted octanol–water partition coefficient (Wildman–Crippen LogP) is 7.14. The van der Waals surface area contributed by atoms with Gasteiger partial charge in [0.2, 0.25) is 11.8 Å². The zero-order valence-corrected chi connectivity index (χ0v) is 22.5. The molecule has 1 aliphatic carbocycles. The van der Waals surface area contributed by atoms with E-state index in [9.17, 15) is 9.59 Å². The SMILES string of the molecule is CCC(C(=O)NC1CCCCC1)N(Cc1c(Cl)cccc1Cl)C(=O)CSCc1ccc(Cl)cc1. The maximum absolute atomic E-state index is 13.4. The lowest BCUT2D eigenvalue weighted by molar-refractivity contribution is -0.139. The Morgan fingerprint density at radius 2 is 1.68 bits per heavy atom. The van der Waals surface area contributed by atoms with Gasteiger partial charge >= 0.3 is 0 Å². The number of halogens is 3. The number of carbonyl (C=O) groups is 2. The molecule has 1 N–H and O–H groups in total. The van der Waals surface area contributed by atoms with Crippen LogP contribution < -0.4 is 5.32 Å². The van der Waals surface area contributed by atoms with E-state index in [2.05, 4.69) is 5.32 Å². The Labute approximate surface area is 221 Å². The fourth-order valence-electron chi connectivity index (χ4n) is 4.24. The summed E-state index contributed by atoms with van der Waals surface area (Å²) in [5, 5.41) is 4.85. The van der Waals surface area contributed by atoms with E-state index in [4.69, 9.17) is 34.8 Å². The van der Waals surface area contributed by atoms with Gasteiger partial charge in [-0.1, -0.05) is 79.2 Å². The van der Waals surface area contributed by atoms with E-state index in [1.54, 1.807) is 23.1 Å². The van der Waals surface area contributed by atoms with E-state index in [-0.39, 0.29) is 30.2 Å². The Balaban J connectivity index is 1.74. The van der Waals surface area contributed by atoms with Gasteiger partial charge in [0.05, 0.1) is 5.75 Å². The molecule has 1 saturated carbocycles. The molecule has 2 aromatic rings. The van der Waals surface area contributed by atoms with Crippen LogP contribution >= 0.6 is 46.6 Å². The third-order valence-corrected chi connectivity index (χ3v) is 8.08. The summed E-state index contributed by atoms with van der Waals surface area (Å²) >= 11 is 20.3. The molecule has 2 amide bonds. The minimum absolute atomic E-state index is 0.103. The first-order valence-electron chi connectivity index (χ1n) is 11.7. The molecule has 1 fully saturated rings. The van der Waals surface area contributed by atoms with E-state index in [0.29, 0.717) is 32.8 Å². The van der Waals surface area contributed by atoms with Crippen molar-refractivity contribution in [3.63, 3.8) is 0 Å². The lowest BCUT2D eigenvalue weighted by Gasteiger charge is -2.33. The van der Waals surface area contributed by atoms with Crippen molar-refractivity contribution in [3.8, 4) is 0 Å². The van der Waals surface area contributed by atoms with Crippen molar-refractivity contribution in [2.75, 3.05) is 5.75 Å². The van der Waals surface area contributed by atoms with Crippen molar-refractivity contribution in [1.29, 1.82) is 0 Å². The van der Waals surface area contributed by atoms with Crippen LogP contribution in [0.4, 0.5) is 0 Å². The summed E-state index contributed by atoms with van der Waals surface area (Å²) in [5.74, 6) is 0.709. The Hall–Kier alpha value is -1.40. The Bertz CT molecular complexity index is 945. The van der Waals surface area contributed by atoms with Gasteiger partial charge in [-0.05, 0) is 49.1 Å². The molecular weight excluding hydrogens is 511 g/mol. The number of amides is 2. The van der Waals surface area contributed by atoms with Gasteiger partial charge in [-0.3, -0.25) is 9.59 Å². The second-order valence-electron chi connectivity index (χ2n) is 8.61. The first-order valence-corrected chi connectivity index (χ1v) is 14.0. The summed E-state index contributed by atoms with van der Waals surface area (Å²) in [6.45, 7) is 2.12.